The van der Waals surface area contributed by atoms with E-state index in [2.05, 4.69) is 105 Å². The van der Waals surface area contributed by atoms with Crippen molar-refractivity contribution in [1.29, 1.82) is 0 Å². The molecule has 2 unspecified atom stereocenters. The molecule has 0 aliphatic heterocycles. The average molecular weight is 558 g/mol. The monoisotopic (exact) mass is 557 g/mol. The van der Waals surface area contributed by atoms with Crippen LogP contribution >= 0.6 is 0 Å². The van der Waals surface area contributed by atoms with Crippen LogP contribution in [0.15, 0.2) is 109 Å². The molecule has 0 N–H and O–H groups in total. The molecule has 224 valence electrons. The maximum atomic E-state index is 13.1. The number of benzene rings is 1. The SMILES string of the molecule is C=CCC(C)(CC)CCC(CC)(C(=C)C)c1ccc(C(=C)/C=C(C)\C(C)=C(/C)N(C=C)C(/C=C\F)=C/CC)cc1C. The Kier molecular flexibility index (Phi) is 14.3. The zero-order chi connectivity index (χ0) is 31.4. The molecule has 2 atom stereocenters. The Bertz CT molecular complexity index is 1220. The Labute approximate surface area is 252 Å². The molecule has 1 rings (SSSR count). The largest absolute Gasteiger partial charge is 0.322 e. The lowest BCUT2D eigenvalue weighted by atomic mass is 9.65. The summed E-state index contributed by atoms with van der Waals surface area (Å²) in [6, 6.07) is 6.78. The average Bonchev–Trinajstić information content (AvgIpc) is 2.94. The second-order valence-electron chi connectivity index (χ2n) is 11.8. The van der Waals surface area contributed by atoms with Gasteiger partial charge in [-0.15, -0.1) is 6.58 Å². The number of nitrogens with zero attached hydrogens (tertiary/aromatic N) is 1. The number of allylic oxidation sites excluding steroid dienone is 9. The van der Waals surface area contributed by atoms with Crippen LogP contribution in [0.5, 0.6) is 0 Å². The van der Waals surface area contributed by atoms with Crippen LogP contribution in [0.1, 0.15) is 111 Å². The lowest BCUT2D eigenvalue weighted by molar-refractivity contribution is 0.249. The van der Waals surface area contributed by atoms with E-state index in [4.69, 9.17) is 0 Å². The normalized spacial score (nSPS) is 16.0. The van der Waals surface area contributed by atoms with Crippen LogP contribution in [0.2, 0.25) is 0 Å². The molecular weight excluding hydrogens is 501 g/mol. The lowest BCUT2D eigenvalue weighted by Gasteiger charge is -2.39. The van der Waals surface area contributed by atoms with Crippen LogP contribution in [0.4, 0.5) is 4.39 Å². The molecule has 41 heavy (non-hydrogen) atoms. The zero-order valence-electron chi connectivity index (χ0n) is 27.6. The van der Waals surface area contributed by atoms with Gasteiger partial charge in [-0.3, -0.25) is 0 Å². The molecule has 0 saturated carbocycles. The van der Waals surface area contributed by atoms with Crippen molar-refractivity contribution >= 4 is 5.57 Å². The zero-order valence-corrected chi connectivity index (χ0v) is 27.6. The van der Waals surface area contributed by atoms with Crippen LogP contribution in [0, 0.1) is 12.3 Å². The highest BCUT2D eigenvalue weighted by Gasteiger charge is 2.35. The summed E-state index contributed by atoms with van der Waals surface area (Å²) in [6.45, 7) is 36.5. The predicted molar refractivity (Wildman–Crippen MR) is 182 cm³/mol. The highest BCUT2D eigenvalue weighted by molar-refractivity contribution is 5.74. The summed E-state index contributed by atoms with van der Waals surface area (Å²) in [4.78, 5) is 1.93. The molecule has 1 nitrogen and oxygen atoms in total. The smallest absolute Gasteiger partial charge is 0.0887 e. The van der Waals surface area contributed by atoms with E-state index in [1.165, 1.54) is 22.8 Å². The second-order valence-corrected chi connectivity index (χ2v) is 11.8. The van der Waals surface area contributed by atoms with Crippen molar-refractivity contribution in [2.45, 2.75) is 106 Å². The van der Waals surface area contributed by atoms with E-state index in [-0.39, 0.29) is 10.8 Å². The molecule has 0 aliphatic rings. The summed E-state index contributed by atoms with van der Waals surface area (Å²) >= 11 is 0. The minimum atomic E-state index is -0.0599. The van der Waals surface area contributed by atoms with Crippen molar-refractivity contribution in [3.63, 3.8) is 0 Å². The van der Waals surface area contributed by atoms with Gasteiger partial charge in [-0.05, 0) is 112 Å². The molecule has 0 aliphatic carbocycles. The maximum absolute atomic E-state index is 13.1. The molecule has 0 amide bonds. The van der Waals surface area contributed by atoms with Gasteiger partial charge in [0.05, 0.1) is 6.33 Å². The van der Waals surface area contributed by atoms with Crippen LogP contribution in [0.25, 0.3) is 5.57 Å². The first kappa shape index (κ1) is 35.9. The van der Waals surface area contributed by atoms with Crippen molar-refractivity contribution in [3.05, 3.63) is 126 Å². The highest BCUT2D eigenvalue weighted by atomic mass is 19.1. The standard InChI is InChI=1S/C39H56FN/c1-14-19-36(22-26-40)41(18-5)34(12)33(11)30(8)27-31(9)35-20-21-37(32(10)28-35)39(17-4,29(6)7)25-24-38(13,16-3)23-15-2/h15,18-22,26-28H,2,5-6,9,14,16-17,23-25H2,1,3-4,7-8,10-13H3/b26-22-,30-27-,34-33+,36-19+. The summed E-state index contributed by atoms with van der Waals surface area (Å²) < 4.78 is 13.1. The van der Waals surface area contributed by atoms with Crippen molar-refractivity contribution in [2.75, 3.05) is 0 Å². The number of rotatable bonds is 17. The fourth-order valence-electron chi connectivity index (χ4n) is 5.81. The topological polar surface area (TPSA) is 3.24 Å². The van der Waals surface area contributed by atoms with Crippen LogP contribution in [-0.4, -0.2) is 4.90 Å². The van der Waals surface area contributed by atoms with Crippen LogP contribution in [0.3, 0.4) is 0 Å². The van der Waals surface area contributed by atoms with Gasteiger partial charge in [-0.2, -0.15) is 0 Å². The van der Waals surface area contributed by atoms with Gasteiger partial charge in [-0.1, -0.05) is 95.9 Å². The third-order valence-electron chi connectivity index (χ3n) is 9.17. The van der Waals surface area contributed by atoms with E-state index < -0.39 is 0 Å². The van der Waals surface area contributed by atoms with Crippen molar-refractivity contribution in [2.24, 2.45) is 5.41 Å². The van der Waals surface area contributed by atoms with Gasteiger partial charge in [-0.25, -0.2) is 4.39 Å². The minimum absolute atomic E-state index is 0.0599. The quantitative estimate of drug-likeness (QED) is 0.136. The minimum Gasteiger partial charge on any atom is -0.322 e. The maximum Gasteiger partial charge on any atom is 0.0887 e. The van der Waals surface area contributed by atoms with Crippen molar-refractivity contribution in [3.8, 4) is 0 Å². The van der Waals surface area contributed by atoms with Crippen molar-refractivity contribution < 1.29 is 4.39 Å². The summed E-state index contributed by atoms with van der Waals surface area (Å²) in [5.74, 6) is 0. The van der Waals surface area contributed by atoms with Gasteiger partial charge in [0.25, 0.3) is 0 Å². The molecule has 0 aromatic heterocycles. The Morgan fingerprint density at radius 2 is 1.66 bits per heavy atom. The third-order valence-corrected chi connectivity index (χ3v) is 9.17. The van der Waals surface area contributed by atoms with Crippen LogP contribution < -0.4 is 0 Å². The number of hydrogen-bond donors (Lipinski definition) is 0. The van der Waals surface area contributed by atoms with Gasteiger partial charge in [0.1, 0.15) is 0 Å². The first-order valence-electron chi connectivity index (χ1n) is 15.1. The molecule has 0 bridgehead atoms. The molecule has 1 aromatic rings. The molecule has 0 saturated heterocycles. The summed E-state index contributed by atoms with van der Waals surface area (Å²) in [5, 5.41) is 0. The van der Waals surface area contributed by atoms with Gasteiger partial charge in [0, 0.05) is 23.0 Å². The lowest BCUT2D eigenvalue weighted by Crippen LogP contribution is -2.30. The predicted octanol–water partition coefficient (Wildman–Crippen LogP) is 12.5. The molecule has 0 fully saturated rings. The van der Waals surface area contributed by atoms with Crippen LogP contribution in [-0.2, 0) is 5.41 Å². The number of halogens is 1. The summed E-state index contributed by atoms with van der Waals surface area (Å²) in [7, 11) is 0. The second kappa shape index (κ2) is 16.3. The Hall–Kier alpha value is -3.13. The van der Waals surface area contributed by atoms with E-state index in [9.17, 15) is 4.39 Å². The number of aryl methyl sites for hydroxylation is 1. The molecular formula is C39H56FN. The van der Waals surface area contributed by atoms with Gasteiger partial charge >= 0.3 is 0 Å². The molecule has 0 heterocycles. The van der Waals surface area contributed by atoms with E-state index in [1.54, 1.807) is 6.20 Å². The highest BCUT2D eigenvalue weighted by Crippen LogP contribution is 2.45. The first-order chi connectivity index (χ1) is 19.3. The fourth-order valence-corrected chi connectivity index (χ4v) is 5.81. The van der Waals surface area contributed by atoms with Gasteiger partial charge in [0.2, 0.25) is 0 Å². The van der Waals surface area contributed by atoms with E-state index in [1.807, 2.05) is 24.8 Å². The van der Waals surface area contributed by atoms with E-state index in [0.717, 1.165) is 72.2 Å². The first-order valence-corrected chi connectivity index (χ1v) is 15.1. The van der Waals surface area contributed by atoms with E-state index >= 15 is 0 Å². The fraction of sp³-hybridized carbons (Fsp3) is 0.436. The Morgan fingerprint density at radius 3 is 2.12 bits per heavy atom. The Balaban J connectivity index is 3.45. The number of hydrogen-bond acceptors (Lipinski definition) is 1. The van der Waals surface area contributed by atoms with Gasteiger partial charge in [0.15, 0.2) is 0 Å². The summed E-state index contributed by atoms with van der Waals surface area (Å²) in [6.07, 6.45) is 16.2. The summed E-state index contributed by atoms with van der Waals surface area (Å²) in [5.41, 5.74) is 10.1. The molecule has 0 radical (unpaired) electrons. The Morgan fingerprint density at radius 1 is 1.00 bits per heavy atom. The molecule has 1 aromatic carbocycles. The van der Waals surface area contributed by atoms with Gasteiger partial charge < -0.3 is 4.90 Å². The van der Waals surface area contributed by atoms with E-state index in [0.29, 0.717) is 6.33 Å². The third kappa shape index (κ3) is 8.93. The molecule has 0 spiro atoms. The molecule has 2 heteroatoms. The van der Waals surface area contributed by atoms with Crippen molar-refractivity contribution in [1.82, 2.24) is 4.90 Å².